The van der Waals surface area contributed by atoms with Gasteiger partial charge in [0.1, 0.15) is 0 Å². The van der Waals surface area contributed by atoms with Crippen molar-refractivity contribution in [2.24, 2.45) is 0 Å². The van der Waals surface area contributed by atoms with Crippen molar-refractivity contribution in [1.29, 1.82) is 0 Å². The summed E-state index contributed by atoms with van der Waals surface area (Å²) in [5.74, 6) is 0.723. The van der Waals surface area contributed by atoms with E-state index in [1.54, 1.807) is 0 Å². The number of para-hydroxylation sites is 2. The maximum absolute atomic E-state index is 5.17. The third kappa shape index (κ3) is 5.60. The molecule has 0 aliphatic heterocycles. The highest BCUT2D eigenvalue weighted by molar-refractivity contribution is 6.23. The van der Waals surface area contributed by atoms with E-state index in [-0.39, 0.29) is 5.41 Å². The number of hydrogen-bond acceptors (Lipinski definition) is 2. The van der Waals surface area contributed by atoms with Gasteiger partial charge >= 0.3 is 0 Å². The first kappa shape index (κ1) is 36.5. The molecule has 1 aliphatic rings. The summed E-state index contributed by atoms with van der Waals surface area (Å²) in [7, 11) is 0. The van der Waals surface area contributed by atoms with Gasteiger partial charge in [0.15, 0.2) is 5.82 Å². The summed E-state index contributed by atoms with van der Waals surface area (Å²) in [5.41, 5.74) is 21.0. The van der Waals surface area contributed by atoms with E-state index in [9.17, 15) is 0 Å². The summed E-state index contributed by atoms with van der Waals surface area (Å²) in [5, 5.41) is 5.21. The van der Waals surface area contributed by atoms with E-state index in [4.69, 9.17) is 9.97 Å². The summed E-state index contributed by atoms with van der Waals surface area (Å²) in [6, 6.07) is 77.2. The molecule has 64 heavy (non-hydrogen) atoms. The van der Waals surface area contributed by atoms with Crippen LogP contribution in [0.1, 0.15) is 25.0 Å². The molecule has 0 bridgehead atoms. The number of fused-ring (bicyclic) bond motifs is 9. The minimum atomic E-state index is -0.146. The number of benzene rings is 9. The quantitative estimate of drug-likeness (QED) is 0.167. The Kier molecular flexibility index (Phi) is 7.95. The second kappa shape index (κ2) is 13.9. The average molecular weight is 816 g/mol. The zero-order valence-electron chi connectivity index (χ0n) is 35.5. The predicted octanol–water partition coefficient (Wildman–Crippen LogP) is 15.9. The van der Waals surface area contributed by atoms with Gasteiger partial charge < -0.3 is 4.40 Å². The van der Waals surface area contributed by atoms with Crippen LogP contribution < -0.4 is 0 Å². The number of hydrogen-bond donors (Lipinski definition) is 0. The molecular formula is C61H41N3. The van der Waals surface area contributed by atoms with Crippen LogP contribution in [0.3, 0.4) is 0 Å². The lowest BCUT2D eigenvalue weighted by Crippen LogP contribution is -2.14. The van der Waals surface area contributed by atoms with Gasteiger partial charge in [-0.05, 0) is 98.1 Å². The maximum Gasteiger partial charge on any atom is 0.160 e. The molecule has 3 heteroatoms. The van der Waals surface area contributed by atoms with Crippen LogP contribution in [0.5, 0.6) is 0 Å². The fourth-order valence-corrected chi connectivity index (χ4v) is 10.5. The van der Waals surface area contributed by atoms with E-state index in [1.807, 2.05) is 12.1 Å². The molecule has 1 aliphatic carbocycles. The summed E-state index contributed by atoms with van der Waals surface area (Å²) in [4.78, 5) is 10.3. The highest BCUT2D eigenvalue weighted by Gasteiger charge is 2.36. The minimum absolute atomic E-state index is 0.146. The third-order valence-electron chi connectivity index (χ3n) is 13.7. The van der Waals surface area contributed by atoms with E-state index in [1.165, 1.54) is 93.7 Å². The van der Waals surface area contributed by atoms with Crippen molar-refractivity contribution in [1.82, 2.24) is 14.4 Å². The number of nitrogens with zero attached hydrogens (tertiary/aromatic N) is 3. The number of rotatable bonds is 6. The smallest absolute Gasteiger partial charge is 0.160 e. The molecule has 3 heterocycles. The minimum Gasteiger partial charge on any atom is -0.308 e. The van der Waals surface area contributed by atoms with Crippen LogP contribution in [0.4, 0.5) is 0 Å². The molecule has 0 spiro atoms. The molecule has 0 amide bonds. The van der Waals surface area contributed by atoms with Crippen molar-refractivity contribution < 1.29 is 0 Å². The van der Waals surface area contributed by atoms with E-state index >= 15 is 0 Å². The summed E-state index contributed by atoms with van der Waals surface area (Å²) in [6.45, 7) is 4.68. The Morgan fingerprint density at radius 2 is 0.766 bits per heavy atom. The molecule has 9 aromatic carbocycles. The van der Waals surface area contributed by atoms with Gasteiger partial charge in [0.25, 0.3) is 0 Å². The van der Waals surface area contributed by atoms with Gasteiger partial charge in [-0.25, -0.2) is 9.97 Å². The van der Waals surface area contributed by atoms with Crippen molar-refractivity contribution >= 4 is 38.1 Å². The largest absolute Gasteiger partial charge is 0.308 e. The zero-order valence-corrected chi connectivity index (χ0v) is 35.5. The first-order valence-electron chi connectivity index (χ1n) is 22.1. The molecule has 13 rings (SSSR count). The molecule has 0 saturated carbocycles. The lowest BCUT2D eigenvalue weighted by atomic mass is 9.82. The molecule has 0 atom stereocenters. The van der Waals surface area contributed by atoms with Crippen LogP contribution in [0.25, 0.3) is 117 Å². The fourth-order valence-electron chi connectivity index (χ4n) is 10.5. The second-order valence-electron chi connectivity index (χ2n) is 17.8. The Balaban J connectivity index is 0.872. The monoisotopic (exact) mass is 815 g/mol. The fraction of sp³-hybridized carbons (Fsp3) is 0.0492. The Morgan fingerprint density at radius 1 is 0.328 bits per heavy atom. The molecule has 0 N–H and O–H groups in total. The van der Waals surface area contributed by atoms with Gasteiger partial charge in [0.2, 0.25) is 0 Å². The van der Waals surface area contributed by atoms with E-state index < -0.39 is 0 Å². The lowest BCUT2D eigenvalue weighted by molar-refractivity contribution is 0.660. The van der Waals surface area contributed by atoms with Crippen molar-refractivity contribution in [3.05, 3.63) is 223 Å². The van der Waals surface area contributed by atoms with Crippen LogP contribution >= 0.6 is 0 Å². The molecule has 3 nitrogen and oxygen atoms in total. The van der Waals surface area contributed by atoms with Crippen LogP contribution in [-0.4, -0.2) is 14.4 Å². The van der Waals surface area contributed by atoms with Gasteiger partial charge in [-0.3, -0.25) is 0 Å². The zero-order chi connectivity index (χ0) is 42.5. The van der Waals surface area contributed by atoms with Crippen LogP contribution in [0, 0.1) is 0 Å². The molecular weight excluding hydrogens is 775 g/mol. The standard InChI is InChI=1S/C61H41N3/c1-61(2)53-30-27-44(34-51(53)52-35-46(28-31-54(52)61)60-62-55(38-14-5-3-6-15-38)37-56(63-60)39-16-7-4-8-17-39)42-20-11-18-40(32-42)41-19-12-21-43(33-41)45-26-29-48-50-24-13-23-49-47-22-9-10-25-57(47)64(59(49)50)58(48)36-45/h3-37H,1-2H3. The molecule has 3 aromatic heterocycles. The van der Waals surface area contributed by atoms with Crippen molar-refractivity contribution in [2.75, 3.05) is 0 Å². The Labute approximate surface area is 372 Å². The van der Waals surface area contributed by atoms with Gasteiger partial charge in [-0.2, -0.15) is 0 Å². The Hall–Kier alpha value is -8.14. The topological polar surface area (TPSA) is 30.2 Å². The van der Waals surface area contributed by atoms with Gasteiger partial charge in [-0.1, -0.05) is 184 Å². The van der Waals surface area contributed by atoms with Gasteiger partial charge in [0, 0.05) is 43.7 Å². The first-order chi connectivity index (χ1) is 31.5. The van der Waals surface area contributed by atoms with Crippen molar-refractivity contribution in [3.63, 3.8) is 0 Å². The summed E-state index contributed by atoms with van der Waals surface area (Å²) in [6.07, 6.45) is 0. The summed E-state index contributed by atoms with van der Waals surface area (Å²) >= 11 is 0. The van der Waals surface area contributed by atoms with E-state index in [0.717, 1.165) is 33.9 Å². The van der Waals surface area contributed by atoms with Gasteiger partial charge in [0.05, 0.1) is 27.9 Å². The summed E-state index contributed by atoms with van der Waals surface area (Å²) < 4.78 is 2.46. The average Bonchev–Trinajstić information content (AvgIpc) is 3.96. The Bertz CT molecular complexity index is 3740. The molecule has 300 valence electrons. The van der Waals surface area contributed by atoms with Gasteiger partial charge in [-0.15, -0.1) is 0 Å². The van der Waals surface area contributed by atoms with Crippen LogP contribution in [0.15, 0.2) is 212 Å². The second-order valence-corrected chi connectivity index (χ2v) is 17.8. The maximum atomic E-state index is 5.17. The highest BCUT2D eigenvalue weighted by Crippen LogP contribution is 2.51. The van der Waals surface area contributed by atoms with E-state index in [0.29, 0.717) is 0 Å². The van der Waals surface area contributed by atoms with Crippen LogP contribution in [0.2, 0.25) is 0 Å². The molecule has 0 saturated heterocycles. The van der Waals surface area contributed by atoms with Crippen molar-refractivity contribution in [2.45, 2.75) is 19.3 Å². The molecule has 0 fully saturated rings. The normalized spacial score (nSPS) is 13.0. The number of aromatic nitrogens is 3. The lowest BCUT2D eigenvalue weighted by Gasteiger charge is -2.21. The third-order valence-corrected chi connectivity index (χ3v) is 13.7. The SMILES string of the molecule is CC1(C)c2ccc(-c3cccc(-c4cccc(-c5ccc6c7cccc8c9ccccc9n(c6c5)c87)c4)c3)cc2-c2cc(-c3nc(-c4ccccc4)cc(-c4ccccc4)n3)ccc21. The van der Waals surface area contributed by atoms with Crippen LogP contribution in [-0.2, 0) is 5.41 Å². The molecule has 0 radical (unpaired) electrons. The van der Waals surface area contributed by atoms with E-state index in [2.05, 4.69) is 218 Å². The first-order valence-corrected chi connectivity index (χ1v) is 22.1. The van der Waals surface area contributed by atoms with Crippen molar-refractivity contribution in [3.8, 4) is 78.4 Å². The molecule has 0 unspecified atom stereocenters. The highest BCUT2D eigenvalue weighted by atomic mass is 14.9. The Morgan fingerprint density at radius 3 is 1.38 bits per heavy atom. The molecule has 12 aromatic rings. The predicted molar refractivity (Wildman–Crippen MR) is 267 cm³/mol.